The van der Waals surface area contributed by atoms with Crippen molar-refractivity contribution in [2.45, 2.75) is 45.8 Å². The van der Waals surface area contributed by atoms with Gasteiger partial charge in [0.2, 0.25) is 0 Å². The molecule has 12 nitrogen and oxygen atoms in total. The monoisotopic (exact) mass is 586 g/mol. The molecule has 0 saturated heterocycles. The van der Waals surface area contributed by atoms with Crippen LogP contribution in [0.4, 0.5) is 10.5 Å². The van der Waals surface area contributed by atoms with E-state index in [9.17, 15) is 19.2 Å². The zero-order valence-corrected chi connectivity index (χ0v) is 24.6. The van der Waals surface area contributed by atoms with Crippen LogP contribution in [0.15, 0.2) is 65.6 Å². The van der Waals surface area contributed by atoms with Crippen molar-refractivity contribution in [2.75, 3.05) is 19.0 Å². The fourth-order valence-corrected chi connectivity index (χ4v) is 4.21. The number of aromatic nitrogens is 3. The number of H-pyrrole nitrogens is 1. The van der Waals surface area contributed by atoms with Crippen molar-refractivity contribution < 1.29 is 23.9 Å². The molecule has 0 fully saturated rings. The van der Waals surface area contributed by atoms with E-state index in [4.69, 9.17) is 9.47 Å². The lowest BCUT2D eigenvalue weighted by Crippen LogP contribution is -2.35. The van der Waals surface area contributed by atoms with E-state index in [-0.39, 0.29) is 29.7 Å². The first-order valence-corrected chi connectivity index (χ1v) is 13.6. The zero-order valence-electron chi connectivity index (χ0n) is 24.6. The highest BCUT2D eigenvalue weighted by atomic mass is 16.6. The maximum Gasteiger partial charge on any atom is 0.407 e. The van der Waals surface area contributed by atoms with Gasteiger partial charge in [0.15, 0.2) is 0 Å². The van der Waals surface area contributed by atoms with Crippen LogP contribution in [0.5, 0.6) is 6.01 Å². The fourth-order valence-electron chi connectivity index (χ4n) is 4.21. The number of fused-ring (bicyclic) bond motifs is 1. The molecular formula is C31H34N6O6. The van der Waals surface area contributed by atoms with Gasteiger partial charge in [-0.2, -0.15) is 4.98 Å². The van der Waals surface area contributed by atoms with Crippen LogP contribution in [0.1, 0.15) is 65.1 Å². The van der Waals surface area contributed by atoms with Gasteiger partial charge in [0.05, 0.1) is 13.2 Å². The van der Waals surface area contributed by atoms with Gasteiger partial charge in [-0.1, -0.05) is 36.4 Å². The molecule has 0 saturated carbocycles. The first kappa shape index (κ1) is 30.7. The normalized spacial score (nSPS) is 11.8. The lowest BCUT2D eigenvalue weighted by atomic mass is 10.0. The second kappa shape index (κ2) is 13.1. The largest absolute Gasteiger partial charge is 0.467 e. The molecule has 0 bridgehead atoms. The van der Waals surface area contributed by atoms with Gasteiger partial charge < -0.3 is 30.4 Å². The Morgan fingerprint density at radius 2 is 1.77 bits per heavy atom. The number of ether oxygens (including phenoxy) is 2. The highest BCUT2D eigenvalue weighted by Crippen LogP contribution is 2.21. The maximum absolute atomic E-state index is 13.4. The number of carbonyl (C=O) groups is 3. The topological polar surface area (TPSA) is 164 Å². The average Bonchev–Trinajstić information content (AvgIpc) is 2.96. The number of methoxy groups -OCH3 is 1. The lowest BCUT2D eigenvalue weighted by Gasteiger charge is -2.22. The Kier molecular flexibility index (Phi) is 9.39. The van der Waals surface area contributed by atoms with Crippen molar-refractivity contribution in [3.05, 3.63) is 93.4 Å². The average molecular weight is 587 g/mol. The van der Waals surface area contributed by atoms with Crippen LogP contribution >= 0.6 is 0 Å². The Bertz CT molecular complexity index is 1700. The second-order valence-electron chi connectivity index (χ2n) is 10.8. The third-order valence-electron chi connectivity index (χ3n) is 6.36. The third-order valence-corrected chi connectivity index (χ3v) is 6.36. The smallest absolute Gasteiger partial charge is 0.407 e. The summed E-state index contributed by atoms with van der Waals surface area (Å²) in [6.45, 7) is 7.39. The molecule has 0 aliphatic rings. The molecule has 12 heteroatoms. The zero-order chi connectivity index (χ0) is 31.1. The summed E-state index contributed by atoms with van der Waals surface area (Å²) >= 11 is 0. The van der Waals surface area contributed by atoms with Gasteiger partial charge in [0, 0.05) is 29.4 Å². The van der Waals surface area contributed by atoms with Crippen LogP contribution in [0, 0.1) is 6.92 Å². The third kappa shape index (κ3) is 8.15. The number of alkyl carbamates (subject to hydrolysis) is 1. The molecule has 4 rings (SSSR count). The number of aryl methyl sites for hydroxylation is 1. The van der Waals surface area contributed by atoms with Gasteiger partial charge in [0.1, 0.15) is 16.8 Å². The van der Waals surface area contributed by atoms with Crippen molar-refractivity contribution in [1.29, 1.82) is 0 Å². The van der Waals surface area contributed by atoms with Gasteiger partial charge in [-0.25, -0.2) is 9.78 Å². The summed E-state index contributed by atoms with van der Waals surface area (Å²) in [5.74, 6) is -1.04. The highest BCUT2D eigenvalue weighted by molar-refractivity contribution is 6.06. The number of pyridine rings is 1. The van der Waals surface area contributed by atoms with Crippen LogP contribution < -0.4 is 26.2 Å². The van der Waals surface area contributed by atoms with Crippen LogP contribution in [0.3, 0.4) is 0 Å². The van der Waals surface area contributed by atoms with E-state index in [0.717, 1.165) is 5.56 Å². The fraction of sp³-hybridized carbons (Fsp3) is 0.290. The number of nitrogens with zero attached hydrogens (tertiary/aromatic N) is 2. The van der Waals surface area contributed by atoms with Gasteiger partial charge in [-0.15, -0.1) is 0 Å². The number of anilines is 1. The molecule has 0 radical (unpaired) electrons. The van der Waals surface area contributed by atoms with E-state index in [0.29, 0.717) is 28.6 Å². The van der Waals surface area contributed by atoms with Crippen molar-refractivity contribution in [2.24, 2.45) is 0 Å². The Morgan fingerprint density at radius 3 is 2.47 bits per heavy atom. The molecular weight excluding hydrogens is 552 g/mol. The van der Waals surface area contributed by atoms with Crippen molar-refractivity contribution in [1.82, 2.24) is 25.6 Å². The molecule has 0 unspecified atom stereocenters. The molecule has 4 N–H and O–H groups in total. The summed E-state index contributed by atoms with van der Waals surface area (Å²) in [6.07, 6.45) is 1.31. The minimum atomic E-state index is -0.657. The Balaban J connectivity index is 1.49. The molecule has 43 heavy (non-hydrogen) atoms. The number of amides is 3. The van der Waals surface area contributed by atoms with E-state index >= 15 is 0 Å². The number of hydrogen-bond donors (Lipinski definition) is 4. The van der Waals surface area contributed by atoms with E-state index in [2.05, 4.69) is 30.9 Å². The predicted molar refractivity (Wildman–Crippen MR) is 161 cm³/mol. The summed E-state index contributed by atoms with van der Waals surface area (Å²) in [7, 11) is 1.41. The van der Waals surface area contributed by atoms with E-state index in [1.807, 2.05) is 30.3 Å². The molecule has 2 heterocycles. The molecule has 2 aromatic heterocycles. The second-order valence-corrected chi connectivity index (χ2v) is 10.8. The van der Waals surface area contributed by atoms with E-state index < -0.39 is 29.2 Å². The molecule has 2 aromatic carbocycles. The summed E-state index contributed by atoms with van der Waals surface area (Å²) < 4.78 is 10.3. The first-order valence-electron chi connectivity index (χ1n) is 13.6. The lowest BCUT2D eigenvalue weighted by molar-refractivity contribution is 0.0526. The van der Waals surface area contributed by atoms with Gasteiger partial charge in [-0.05, 0) is 63.4 Å². The van der Waals surface area contributed by atoms with Crippen LogP contribution in [0.2, 0.25) is 0 Å². The minimum absolute atomic E-state index is 0.0832. The van der Waals surface area contributed by atoms with E-state index in [1.165, 1.54) is 19.4 Å². The molecule has 0 spiro atoms. The van der Waals surface area contributed by atoms with Crippen LogP contribution in [0.25, 0.3) is 11.0 Å². The van der Waals surface area contributed by atoms with Crippen molar-refractivity contribution in [3.63, 3.8) is 0 Å². The molecule has 224 valence electrons. The van der Waals surface area contributed by atoms with Crippen molar-refractivity contribution in [3.8, 4) is 6.01 Å². The standard InChI is InChI=1S/C31H34N6O6/c1-18-11-12-20(16-24(18)35-27(39)22-15-21-17-33-29(42-5)37-25(21)36-28(22)40)26(38)34-23(19-9-7-6-8-10-19)13-14-32-30(41)43-31(2,3)4/h6-12,15-17,23H,13-14H2,1-5H3,(H,32,41)(H,34,38)(H,35,39)(H,33,36,37,40)/t23-/m1/s1. The molecule has 0 aliphatic heterocycles. The van der Waals surface area contributed by atoms with Gasteiger partial charge in [-0.3, -0.25) is 14.4 Å². The minimum Gasteiger partial charge on any atom is -0.467 e. The SMILES string of the molecule is COc1ncc2cc(C(=O)Nc3cc(C(=O)N[C@H](CCNC(=O)OC(C)(C)C)c4ccccc4)ccc3C)c(=O)[nH]c2n1. The molecule has 3 amide bonds. The quantitative estimate of drug-likeness (QED) is 0.226. The number of nitrogens with one attached hydrogen (secondary N) is 4. The van der Waals surface area contributed by atoms with E-state index in [1.54, 1.807) is 45.9 Å². The van der Waals surface area contributed by atoms with Gasteiger partial charge in [0.25, 0.3) is 17.4 Å². The number of benzene rings is 2. The summed E-state index contributed by atoms with van der Waals surface area (Å²) in [5, 5.41) is 8.93. The van der Waals surface area contributed by atoms with Crippen molar-refractivity contribution >= 4 is 34.6 Å². The summed E-state index contributed by atoms with van der Waals surface area (Å²) in [5.41, 5.74) is 1.05. The number of hydrogen-bond acceptors (Lipinski definition) is 8. The Hall–Kier alpha value is -5.26. The van der Waals surface area contributed by atoms with Crippen LogP contribution in [-0.2, 0) is 4.74 Å². The van der Waals surface area contributed by atoms with Crippen LogP contribution in [-0.4, -0.2) is 52.1 Å². The summed E-state index contributed by atoms with van der Waals surface area (Å²) in [4.78, 5) is 61.9. The number of aromatic amines is 1. The molecule has 0 aliphatic carbocycles. The molecule has 4 aromatic rings. The predicted octanol–water partition coefficient (Wildman–Crippen LogP) is 4.27. The Morgan fingerprint density at radius 1 is 1.02 bits per heavy atom. The number of carbonyl (C=O) groups excluding carboxylic acids is 3. The first-order chi connectivity index (χ1) is 20.4. The highest BCUT2D eigenvalue weighted by Gasteiger charge is 2.20. The Labute approximate surface area is 248 Å². The van der Waals surface area contributed by atoms with Gasteiger partial charge >= 0.3 is 12.1 Å². The molecule has 1 atom stereocenters. The summed E-state index contributed by atoms with van der Waals surface area (Å²) in [6, 6.07) is 15.4. The number of rotatable bonds is 9. The maximum atomic E-state index is 13.4.